The molecule has 0 aromatic rings. The van der Waals surface area contributed by atoms with Gasteiger partial charge in [-0.05, 0) is 13.1 Å². The lowest BCUT2D eigenvalue weighted by molar-refractivity contribution is 0.515. The molecule has 68 valence electrons. The van der Waals surface area contributed by atoms with Crippen LogP contribution in [-0.4, -0.2) is 33.5 Å². The Kier molecular flexibility index (Phi) is 5.26. The average Bonchev–Trinajstić information content (AvgIpc) is 2.86. The van der Waals surface area contributed by atoms with Crippen LogP contribution in [0.2, 0.25) is 8.60 Å². The first-order valence-corrected chi connectivity index (χ1v) is 6.97. The molecule has 1 saturated carbocycles. The molecule has 1 aliphatic carbocycles. The zero-order valence-corrected chi connectivity index (χ0v) is 9.95. The van der Waals surface area contributed by atoms with Gasteiger partial charge in [-0.1, -0.05) is 31.6 Å². The number of hydrogen-bond donors (Lipinski definition) is 1. The fourth-order valence-electron chi connectivity index (χ4n) is 2.05. The Balaban J connectivity index is 0.000000720. The van der Waals surface area contributed by atoms with Crippen molar-refractivity contribution in [2.75, 3.05) is 13.1 Å². The van der Waals surface area contributed by atoms with Gasteiger partial charge in [0.1, 0.15) is 0 Å². The Labute approximate surface area is 91.2 Å². The third kappa shape index (κ3) is 3.82. The van der Waals surface area contributed by atoms with Gasteiger partial charge in [0.05, 0.1) is 0 Å². The molecule has 2 rings (SSSR count). The maximum absolute atomic E-state index is 3.44. The van der Waals surface area contributed by atoms with E-state index in [0.717, 1.165) is 0 Å². The van der Waals surface area contributed by atoms with Crippen molar-refractivity contribution >= 4 is 32.8 Å². The predicted molar refractivity (Wildman–Crippen MR) is 56.4 cm³/mol. The van der Waals surface area contributed by atoms with E-state index in [9.17, 15) is 0 Å². The average molecular weight is 200 g/mol. The number of rotatable bonds is 3. The van der Waals surface area contributed by atoms with E-state index in [2.05, 4.69) is 5.32 Å². The quantitative estimate of drug-likeness (QED) is 0.688. The summed E-state index contributed by atoms with van der Waals surface area (Å²) in [6, 6.07) is 0. The Morgan fingerprint density at radius 1 is 1.08 bits per heavy atom. The van der Waals surface area contributed by atoms with E-state index in [1.807, 2.05) is 0 Å². The van der Waals surface area contributed by atoms with Crippen molar-refractivity contribution in [3.05, 3.63) is 0 Å². The summed E-state index contributed by atoms with van der Waals surface area (Å²) in [6.07, 6.45) is 6.13. The maximum atomic E-state index is 3.44. The van der Waals surface area contributed by atoms with Gasteiger partial charge in [0.25, 0.3) is 0 Å². The van der Waals surface area contributed by atoms with Crippen LogP contribution in [-0.2, 0) is 0 Å². The van der Waals surface area contributed by atoms with Crippen LogP contribution in [0.5, 0.6) is 0 Å². The van der Waals surface area contributed by atoms with Gasteiger partial charge in [-0.25, -0.2) is 0 Å². The Bertz CT molecular complexity index is 122. The first-order chi connectivity index (χ1) is 5.45. The fourth-order valence-corrected chi connectivity index (χ4v) is 4.55. The van der Waals surface area contributed by atoms with E-state index >= 15 is 0 Å². The standard InChI is InChI=1S/C5H10N.C4H7.ClH.Mg/c1-2-4-6-5-3-1;1-4-2-3-4;;/h1,6H,2-5H2;4H,1-3H2;1H;. The topological polar surface area (TPSA) is 12.0 Å². The molecule has 1 N–H and O–H groups in total. The molecule has 0 aromatic carbocycles. The maximum Gasteiger partial charge on any atom is 0.369 e. The second-order valence-electron chi connectivity index (χ2n) is 4.21. The highest BCUT2D eigenvalue weighted by atomic mass is 35.5. The molecular weight excluding hydrogens is 182 g/mol. The molecule has 0 radical (unpaired) electrons. The molecule has 1 nitrogen and oxygen atoms in total. The fraction of sp³-hybridized carbons (Fsp3) is 1.00. The summed E-state index contributed by atoms with van der Waals surface area (Å²) in [7, 11) is 0. The van der Waals surface area contributed by atoms with Crippen molar-refractivity contribution < 1.29 is 0 Å². The van der Waals surface area contributed by atoms with Crippen molar-refractivity contribution in [3.8, 4) is 0 Å². The van der Waals surface area contributed by atoms with Gasteiger partial charge in [-0.3, -0.25) is 0 Å². The molecule has 2 aliphatic rings. The molecular formula is C9H18ClMgN. The zero-order chi connectivity index (χ0) is 7.52. The summed E-state index contributed by atoms with van der Waals surface area (Å²) in [5.41, 5.74) is 0. The van der Waals surface area contributed by atoms with E-state index in [-0.39, 0.29) is 12.4 Å². The Morgan fingerprint density at radius 3 is 2.33 bits per heavy atom. The van der Waals surface area contributed by atoms with Gasteiger partial charge < -0.3 is 5.32 Å². The van der Waals surface area contributed by atoms with Gasteiger partial charge in [0.2, 0.25) is 0 Å². The van der Waals surface area contributed by atoms with Crippen LogP contribution in [0.4, 0.5) is 0 Å². The second kappa shape index (κ2) is 5.68. The molecule has 0 amide bonds. The third-order valence-corrected chi connectivity index (χ3v) is 5.92. The lowest BCUT2D eigenvalue weighted by atomic mass is 10.1. The summed E-state index contributed by atoms with van der Waals surface area (Å²) in [5.74, 6) is 1.21. The number of nitrogens with one attached hydrogen (secondary N) is 1. The molecule has 1 aliphatic heterocycles. The summed E-state index contributed by atoms with van der Waals surface area (Å²) < 4.78 is 2.88. The molecule has 0 aromatic heterocycles. The van der Waals surface area contributed by atoms with Crippen LogP contribution in [0.1, 0.15) is 25.7 Å². The van der Waals surface area contributed by atoms with Crippen LogP contribution in [0.25, 0.3) is 0 Å². The minimum Gasteiger partial charge on any atom is -0.317 e. The summed E-state index contributed by atoms with van der Waals surface area (Å²) in [6.45, 7) is 2.62. The molecule has 0 unspecified atom stereocenters. The zero-order valence-electron chi connectivity index (χ0n) is 7.72. The van der Waals surface area contributed by atoms with E-state index < -0.39 is 0 Å². The van der Waals surface area contributed by atoms with Crippen LogP contribution < -0.4 is 5.32 Å². The molecule has 0 spiro atoms. The van der Waals surface area contributed by atoms with Crippen LogP contribution in [0.3, 0.4) is 0 Å². The van der Waals surface area contributed by atoms with Gasteiger partial charge >= 0.3 is 20.4 Å². The van der Waals surface area contributed by atoms with Crippen molar-refractivity contribution in [2.24, 2.45) is 5.92 Å². The molecule has 2 fully saturated rings. The van der Waals surface area contributed by atoms with Crippen LogP contribution in [0, 0.1) is 5.92 Å². The van der Waals surface area contributed by atoms with E-state index in [0.29, 0.717) is 20.4 Å². The number of halogens is 1. The second-order valence-corrected chi connectivity index (χ2v) is 6.52. The molecule has 1 heterocycles. The largest absolute Gasteiger partial charge is 0.369 e. The van der Waals surface area contributed by atoms with Gasteiger partial charge in [-0.15, -0.1) is 21.0 Å². The summed E-state index contributed by atoms with van der Waals surface area (Å²) in [4.78, 5) is 0. The Hall–Kier alpha value is 1.02. The van der Waals surface area contributed by atoms with Crippen molar-refractivity contribution in [1.29, 1.82) is 0 Å². The summed E-state index contributed by atoms with van der Waals surface area (Å²) >= 11 is 0.341. The molecule has 0 atom stereocenters. The first-order valence-electron chi connectivity index (χ1n) is 5.16. The van der Waals surface area contributed by atoms with Crippen molar-refractivity contribution in [2.45, 2.75) is 34.3 Å². The molecule has 1 saturated heterocycles. The lowest BCUT2D eigenvalue weighted by Gasteiger charge is -2.21. The van der Waals surface area contributed by atoms with Crippen LogP contribution in [0.15, 0.2) is 0 Å². The summed E-state index contributed by atoms with van der Waals surface area (Å²) in [5, 5.41) is 3.44. The first kappa shape index (κ1) is 11.1. The number of hydrogen-bond acceptors (Lipinski definition) is 1. The predicted octanol–water partition coefficient (Wildman–Crippen LogP) is 2.11. The number of piperidine rings is 1. The van der Waals surface area contributed by atoms with Gasteiger partial charge in [0.15, 0.2) is 0 Å². The van der Waals surface area contributed by atoms with E-state index in [4.69, 9.17) is 0 Å². The smallest absolute Gasteiger partial charge is 0.317 e. The van der Waals surface area contributed by atoms with Crippen molar-refractivity contribution in [3.63, 3.8) is 0 Å². The highest BCUT2D eigenvalue weighted by Gasteiger charge is 2.24. The monoisotopic (exact) mass is 199 g/mol. The highest BCUT2D eigenvalue weighted by molar-refractivity contribution is 6.37. The van der Waals surface area contributed by atoms with Crippen LogP contribution >= 0.6 is 12.4 Å². The molecule has 12 heavy (non-hydrogen) atoms. The lowest BCUT2D eigenvalue weighted by Crippen LogP contribution is -2.27. The third-order valence-electron chi connectivity index (χ3n) is 3.14. The van der Waals surface area contributed by atoms with Gasteiger partial charge in [-0.2, -0.15) is 0 Å². The molecule has 3 heteroatoms. The Morgan fingerprint density at radius 2 is 1.75 bits per heavy atom. The SMILES string of the molecule is C1C[CH]([Mg][CH2]C2CC2)CCN1.Cl. The normalized spacial score (nSPS) is 24.3. The molecule has 0 bridgehead atoms. The van der Waals surface area contributed by atoms with Gasteiger partial charge in [0, 0.05) is 0 Å². The van der Waals surface area contributed by atoms with Crippen molar-refractivity contribution in [1.82, 2.24) is 5.32 Å². The van der Waals surface area contributed by atoms with E-state index in [1.54, 1.807) is 17.4 Å². The van der Waals surface area contributed by atoms with E-state index in [1.165, 1.54) is 35.9 Å². The minimum absolute atomic E-state index is 0. The minimum atomic E-state index is 0. The highest BCUT2D eigenvalue weighted by Crippen LogP contribution is 2.34.